The van der Waals surface area contributed by atoms with Gasteiger partial charge >= 0.3 is 0 Å². The van der Waals surface area contributed by atoms with Gasteiger partial charge in [-0.05, 0) is 38.4 Å². The van der Waals surface area contributed by atoms with Crippen LogP contribution < -0.4 is 0 Å². The van der Waals surface area contributed by atoms with E-state index in [1.807, 2.05) is 6.92 Å². The average molecular weight is 319 g/mol. The molecule has 2 unspecified atom stereocenters. The minimum atomic E-state index is -1.35. The van der Waals surface area contributed by atoms with E-state index in [4.69, 9.17) is 17.0 Å². The van der Waals surface area contributed by atoms with E-state index < -0.39 is 8.07 Å². The molecule has 0 aromatic rings. The van der Waals surface area contributed by atoms with Gasteiger partial charge in [-0.1, -0.05) is 37.8 Å². The highest BCUT2D eigenvalue weighted by Crippen LogP contribution is 2.34. The summed E-state index contributed by atoms with van der Waals surface area (Å²) in [7, 11) is -1.35. The van der Waals surface area contributed by atoms with Crippen LogP contribution in [-0.4, -0.2) is 29.7 Å². The van der Waals surface area contributed by atoms with E-state index in [0.29, 0.717) is 21.6 Å². The Kier molecular flexibility index (Phi) is 7.04. The normalized spacial score (nSPS) is 22.1. The molecule has 1 fully saturated rings. The molecule has 0 heterocycles. The molecule has 0 aromatic carbocycles. The molecule has 0 radical (unpaired) electrons. The van der Waals surface area contributed by atoms with Crippen molar-refractivity contribution in [3.05, 3.63) is 0 Å². The Morgan fingerprint density at radius 1 is 1.47 bits per heavy atom. The zero-order valence-electron chi connectivity index (χ0n) is 12.5. The van der Waals surface area contributed by atoms with Gasteiger partial charge in [0.1, 0.15) is 5.78 Å². The van der Waals surface area contributed by atoms with Crippen LogP contribution in [-0.2, 0) is 9.53 Å². The maximum Gasteiger partial charge on any atom is 0.219 e. The second-order valence-corrected chi connectivity index (χ2v) is 14.0. The lowest BCUT2D eigenvalue weighted by molar-refractivity contribution is -0.124. The molecule has 0 saturated heterocycles. The van der Waals surface area contributed by atoms with E-state index in [0.717, 1.165) is 25.7 Å². The monoisotopic (exact) mass is 318 g/mol. The molecule has 0 N–H and O–H groups in total. The van der Waals surface area contributed by atoms with E-state index in [9.17, 15) is 4.79 Å². The van der Waals surface area contributed by atoms with Crippen molar-refractivity contribution >= 4 is 42.2 Å². The van der Waals surface area contributed by atoms with Gasteiger partial charge in [-0.25, -0.2) is 0 Å². The first-order valence-electron chi connectivity index (χ1n) is 7.20. The number of carbonyl (C=O) groups is 1. The predicted molar refractivity (Wildman–Crippen MR) is 90.5 cm³/mol. The summed E-state index contributed by atoms with van der Waals surface area (Å²) in [5.74, 6) is 0.736. The van der Waals surface area contributed by atoms with E-state index in [-0.39, 0.29) is 5.92 Å². The van der Waals surface area contributed by atoms with E-state index in [2.05, 4.69) is 19.6 Å². The summed E-state index contributed by atoms with van der Waals surface area (Å²) in [6, 6.07) is 0. The number of ether oxygens (including phenoxy) is 1. The number of Topliss-reactive ketones (excluding diaryl/α,β-unsaturated/α-hetero) is 1. The Morgan fingerprint density at radius 3 is 2.68 bits per heavy atom. The molecular formula is C14H26O2S2Si. The molecule has 5 heteroatoms. The summed E-state index contributed by atoms with van der Waals surface area (Å²) in [5, 5.41) is 0. The number of ketones is 1. The Bertz CT molecular complexity index is 326. The zero-order valence-corrected chi connectivity index (χ0v) is 15.2. The van der Waals surface area contributed by atoms with Gasteiger partial charge in [0.15, 0.2) is 0 Å². The van der Waals surface area contributed by atoms with Crippen LogP contribution >= 0.6 is 24.0 Å². The third kappa shape index (κ3) is 5.96. The van der Waals surface area contributed by atoms with Gasteiger partial charge in [-0.2, -0.15) is 0 Å². The Morgan fingerprint density at radius 2 is 2.16 bits per heavy atom. The largest absolute Gasteiger partial charge is 0.479 e. The number of thiocarbonyl (C=S) groups is 1. The number of thioether (sulfide) groups is 1. The Balaban J connectivity index is 2.64. The summed E-state index contributed by atoms with van der Waals surface area (Å²) in [5.41, 5.74) is 0. The van der Waals surface area contributed by atoms with Crippen LogP contribution in [0, 0.1) is 5.92 Å². The fourth-order valence-electron chi connectivity index (χ4n) is 2.41. The van der Waals surface area contributed by atoms with Crippen LogP contribution in [0.25, 0.3) is 0 Å². The second kappa shape index (κ2) is 7.79. The highest BCUT2D eigenvalue weighted by molar-refractivity contribution is 8.23. The lowest BCUT2D eigenvalue weighted by atomic mass is 9.86. The van der Waals surface area contributed by atoms with Crippen LogP contribution in [0.2, 0.25) is 19.6 Å². The minimum Gasteiger partial charge on any atom is -0.479 e. The van der Waals surface area contributed by atoms with Crippen molar-refractivity contribution in [2.24, 2.45) is 5.92 Å². The molecule has 2 nitrogen and oxygen atoms in total. The summed E-state index contributed by atoms with van der Waals surface area (Å²) >= 11 is 6.96. The highest BCUT2D eigenvalue weighted by atomic mass is 32.2. The minimum absolute atomic E-state index is 0.266. The second-order valence-electron chi connectivity index (χ2n) is 6.30. The van der Waals surface area contributed by atoms with Crippen molar-refractivity contribution in [2.45, 2.75) is 63.5 Å². The highest BCUT2D eigenvalue weighted by Gasteiger charge is 2.34. The van der Waals surface area contributed by atoms with E-state index >= 15 is 0 Å². The fourth-order valence-corrected chi connectivity index (χ4v) is 6.61. The van der Waals surface area contributed by atoms with Gasteiger partial charge in [0.2, 0.25) is 4.38 Å². The smallest absolute Gasteiger partial charge is 0.219 e. The van der Waals surface area contributed by atoms with Crippen molar-refractivity contribution in [1.82, 2.24) is 0 Å². The standard InChI is InChI=1S/C14H26O2S2Si/c1-5-16-14(17)18-13(19(2,3)4)10-11-8-6-7-9-12(11)15/h11,13H,5-10H2,1-4H3. The van der Waals surface area contributed by atoms with Gasteiger partial charge in [0, 0.05) is 17.2 Å². The Labute approximate surface area is 128 Å². The molecule has 110 valence electrons. The molecule has 0 spiro atoms. The van der Waals surface area contributed by atoms with Gasteiger partial charge in [0.25, 0.3) is 0 Å². The fraction of sp³-hybridized carbons (Fsp3) is 0.857. The third-order valence-corrected chi connectivity index (χ3v) is 9.48. The molecule has 0 aliphatic heterocycles. The van der Waals surface area contributed by atoms with E-state index in [1.165, 1.54) is 6.42 Å². The molecular weight excluding hydrogens is 292 g/mol. The van der Waals surface area contributed by atoms with Gasteiger partial charge in [-0.3, -0.25) is 4.79 Å². The molecule has 19 heavy (non-hydrogen) atoms. The Hall–Kier alpha value is 0.127. The summed E-state index contributed by atoms with van der Waals surface area (Å²) in [6.07, 6.45) is 5.13. The van der Waals surface area contributed by atoms with Gasteiger partial charge in [-0.15, -0.1) is 0 Å². The van der Waals surface area contributed by atoms with Crippen molar-refractivity contribution in [3.8, 4) is 0 Å². The number of rotatable bonds is 5. The maximum absolute atomic E-state index is 12.0. The van der Waals surface area contributed by atoms with Gasteiger partial charge in [0.05, 0.1) is 14.7 Å². The molecule has 1 aliphatic rings. The van der Waals surface area contributed by atoms with Crippen LogP contribution in [0.15, 0.2) is 0 Å². The number of carbonyl (C=O) groups excluding carboxylic acids is 1. The molecule has 0 bridgehead atoms. The van der Waals surface area contributed by atoms with Crippen LogP contribution in [0.5, 0.6) is 0 Å². The molecule has 0 aromatic heterocycles. The SMILES string of the molecule is CCOC(=S)SC(CC1CCCCC1=O)[Si](C)(C)C. The molecule has 0 amide bonds. The van der Waals surface area contributed by atoms with Crippen molar-refractivity contribution in [1.29, 1.82) is 0 Å². The zero-order chi connectivity index (χ0) is 14.5. The number of hydrogen-bond acceptors (Lipinski definition) is 4. The summed E-state index contributed by atoms with van der Waals surface area (Å²) in [4.78, 5) is 12.5. The van der Waals surface area contributed by atoms with Crippen LogP contribution in [0.3, 0.4) is 0 Å². The molecule has 1 saturated carbocycles. The van der Waals surface area contributed by atoms with Crippen molar-refractivity contribution < 1.29 is 9.53 Å². The summed E-state index contributed by atoms with van der Waals surface area (Å²) < 4.78 is 6.07. The topological polar surface area (TPSA) is 26.3 Å². The van der Waals surface area contributed by atoms with Crippen LogP contribution in [0.4, 0.5) is 0 Å². The maximum atomic E-state index is 12.0. The van der Waals surface area contributed by atoms with Crippen molar-refractivity contribution in [2.75, 3.05) is 6.61 Å². The predicted octanol–water partition coefficient (Wildman–Crippen LogP) is 4.44. The quantitative estimate of drug-likeness (QED) is 0.553. The van der Waals surface area contributed by atoms with E-state index in [1.54, 1.807) is 11.8 Å². The molecule has 2 atom stereocenters. The molecule has 1 aliphatic carbocycles. The molecule has 1 rings (SSSR count). The van der Waals surface area contributed by atoms with Crippen LogP contribution in [0.1, 0.15) is 39.0 Å². The van der Waals surface area contributed by atoms with Crippen molar-refractivity contribution in [3.63, 3.8) is 0 Å². The average Bonchev–Trinajstić information content (AvgIpc) is 2.30. The first-order valence-corrected chi connectivity index (χ1v) is 12.1. The van der Waals surface area contributed by atoms with Gasteiger partial charge < -0.3 is 4.74 Å². The summed E-state index contributed by atoms with van der Waals surface area (Å²) in [6.45, 7) is 9.65. The lowest BCUT2D eigenvalue weighted by Gasteiger charge is -2.32. The first-order chi connectivity index (χ1) is 8.84. The first kappa shape index (κ1) is 17.2. The third-order valence-electron chi connectivity index (χ3n) is 3.65. The lowest BCUT2D eigenvalue weighted by Crippen LogP contribution is -2.39. The number of hydrogen-bond donors (Lipinski definition) is 0.